The third-order valence-electron chi connectivity index (χ3n) is 3.30. The summed E-state index contributed by atoms with van der Waals surface area (Å²) in [5, 5.41) is 14.0. The number of nitrogens with zero attached hydrogens (tertiary/aromatic N) is 1. The molecule has 0 amide bonds. The first-order valence-corrected chi connectivity index (χ1v) is 7.37. The molecule has 4 nitrogen and oxygen atoms in total. The van der Waals surface area contributed by atoms with Crippen LogP contribution in [0.5, 0.6) is 0 Å². The summed E-state index contributed by atoms with van der Waals surface area (Å²) in [5.41, 5.74) is 4.15. The Labute approximate surface area is 134 Å². The van der Waals surface area contributed by atoms with Gasteiger partial charge in [0.25, 0.3) is 0 Å². The molecule has 0 aliphatic heterocycles. The fraction of sp³-hybridized carbons (Fsp3) is 0.0588. The van der Waals surface area contributed by atoms with Gasteiger partial charge in [-0.05, 0) is 36.3 Å². The lowest BCUT2D eigenvalue weighted by molar-refractivity contribution is 1.10. The van der Waals surface area contributed by atoms with Crippen LogP contribution in [0.15, 0.2) is 60.7 Å². The van der Waals surface area contributed by atoms with Gasteiger partial charge in [0.1, 0.15) is 0 Å². The Bertz CT molecular complexity index is 780. The zero-order chi connectivity index (χ0) is 15.4. The first-order valence-electron chi connectivity index (χ1n) is 6.97. The van der Waals surface area contributed by atoms with Crippen LogP contribution in [0, 0.1) is 6.92 Å². The molecule has 0 atom stereocenters. The van der Waals surface area contributed by atoms with Gasteiger partial charge in [0, 0.05) is 11.8 Å². The molecule has 5 heteroatoms. The summed E-state index contributed by atoms with van der Waals surface area (Å²) in [6.07, 6.45) is 0. The van der Waals surface area contributed by atoms with Crippen molar-refractivity contribution in [3.05, 3.63) is 66.2 Å². The minimum atomic E-state index is 0.514. The lowest BCUT2D eigenvalue weighted by atomic mass is 10.2. The molecule has 0 unspecified atom stereocenters. The lowest BCUT2D eigenvalue weighted by Crippen LogP contribution is -2.19. The molecule has 0 aliphatic rings. The summed E-state index contributed by atoms with van der Waals surface area (Å²) in [4.78, 5) is 0. The van der Waals surface area contributed by atoms with Gasteiger partial charge in [-0.25, -0.2) is 0 Å². The van der Waals surface area contributed by atoms with E-state index in [9.17, 15) is 0 Å². The van der Waals surface area contributed by atoms with Crippen molar-refractivity contribution in [2.75, 3.05) is 10.6 Å². The van der Waals surface area contributed by atoms with Crippen LogP contribution in [0.1, 0.15) is 5.56 Å². The van der Waals surface area contributed by atoms with Crippen molar-refractivity contribution < 1.29 is 0 Å². The number of nitrogens with one attached hydrogen (secondary N) is 3. The first-order chi connectivity index (χ1) is 10.7. The molecular formula is C17H16N4S. The van der Waals surface area contributed by atoms with Crippen LogP contribution < -0.4 is 10.6 Å². The predicted octanol–water partition coefficient (Wildman–Crippen LogP) is 4.19. The van der Waals surface area contributed by atoms with Crippen molar-refractivity contribution in [2.45, 2.75) is 6.92 Å². The minimum Gasteiger partial charge on any atom is -0.332 e. The standard InChI is InChI=1S/C17H16N4S/c1-12-7-5-6-10-14(12)18-17(22)19-16-11-15(20-21-16)13-8-3-2-4-9-13/h2-11H,1H3,(H3,18,19,20,21,22). The van der Waals surface area contributed by atoms with Crippen LogP contribution in [0.25, 0.3) is 11.3 Å². The SMILES string of the molecule is Cc1ccccc1NC(=S)Nc1cc(-c2ccccc2)[nH]n1. The van der Waals surface area contributed by atoms with Gasteiger partial charge in [-0.1, -0.05) is 48.5 Å². The molecule has 0 radical (unpaired) electrons. The molecule has 0 aliphatic carbocycles. The number of aromatic amines is 1. The highest BCUT2D eigenvalue weighted by Crippen LogP contribution is 2.19. The van der Waals surface area contributed by atoms with Crippen LogP contribution in [0.4, 0.5) is 11.5 Å². The number of thiocarbonyl (C=S) groups is 1. The average molecular weight is 308 g/mol. The number of aromatic nitrogens is 2. The summed E-state index contributed by atoms with van der Waals surface area (Å²) in [5.74, 6) is 0.685. The van der Waals surface area contributed by atoms with Crippen LogP contribution in [0.3, 0.4) is 0 Å². The van der Waals surface area contributed by atoms with E-state index in [0.29, 0.717) is 10.9 Å². The highest BCUT2D eigenvalue weighted by atomic mass is 32.1. The quantitative estimate of drug-likeness (QED) is 0.635. The molecule has 110 valence electrons. The maximum absolute atomic E-state index is 5.33. The van der Waals surface area contributed by atoms with Crippen molar-refractivity contribution in [2.24, 2.45) is 0 Å². The topological polar surface area (TPSA) is 52.7 Å². The second kappa shape index (κ2) is 6.41. The van der Waals surface area contributed by atoms with Crippen LogP contribution in [-0.4, -0.2) is 15.3 Å². The Morgan fingerprint density at radius 3 is 2.50 bits per heavy atom. The van der Waals surface area contributed by atoms with Gasteiger partial charge in [0.05, 0.1) is 5.69 Å². The van der Waals surface area contributed by atoms with E-state index >= 15 is 0 Å². The minimum absolute atomic E-state index is 0.514. The predicted molar refractivity (Wildman–Crippen MR) is 95.0 cm³/mol. The van der Waals surface area contributed by atoms with E-state index in [1.165, 1.54) is 0 Å². The highest BCUT2D eigenvalue weighted by molar-refractivity contribution is 7.80. The summed E-state index contributed by atoms with van der Waals surface area (Å²) >= 11 is 5.33. The van der Waals surface area contributed by atoms with Gasteiger partial charge in [-0.15, -0.1) is 0 Å². The van der Waals surface area contributed by atoms with Crippen molar-refractivity contribution >= 4 is 28.8 Å². The number of benzene rings is 2. The number of rotatable bonds is 3. The molecule has 22 heavy (non-hydrogen) atoms. The third kappa shape index (κ3) is 3.32. The van der Waals surface area contributed by atoms with E-state index in [1.54, 1.807) is 0 Å². The van der Waals surface area contributed by atoms with E-state index < -0.39 is 0 Å². The fourth-order valence-electron chi connectivity index (χ4n) is 2.13. The molecule has 2 aromatic carbocycles. The Balaban J connectivity index is 1.68. The number of H-pyrrole nitrogens is 1. The van der Waals surface area contributed by atoms with Crippen LogP contribution in [0.2, 0.25) is 0 Å². The van der Waals surface area contributed by atoms with Gasteiger partial charge in [-0.2, -0.15) is 5.10 Å². The Hall–Kier alpha value is -2.66. The second-order valence-corrected chi connectivity index (χ2v) is 5.34. The molecule has 0 saturated carbocycles. The van der Waals surface area contributed by atoms with E-state index in [1.807, 2.05) is 67.6 Å². The van der Waals surface area contributed by atoms with Gasteiger partial charge >= 0.3 is 0 Å². The molecule has 3 rings (SSSR count). The van der Waals surface area contributed by atoms with Crippen LogP contribution >= 0.6 is 12.2 Å². The smallest absolute Gasteiger partial charge is 0.176 e. The van der Waals surface area contributed by atoms with Crippen molar-refractivity contribution in [3.63, 3.8) is 0 Å². The van der Waals surface area contributed by atoms with E-state index in [-0.39, 0.29) is 0 Å². The molecule has 0 fully saturated rings. The molecular weight excluding hydrogens is 292 g/mol. The highest BCUT2D eigenvalue weighted by Gasteiger charge is 2.05. The van der Waals surface area contributed by atoms with Gasteiger partial charge < -0.3 is 10.6 Å². The first kappa shape index (κ1) is 14.3. The molecule has 3 N–H and O–H groups in total. The summed E-state index contributed by atoms with van der Waals surface area (Å²) in [6.45, 7) is 2.03. The van der Waals surface area contributed by atoms with Gasteiger partial charge in [0.2, 0.25) is 0 Å². The molecule has 1 aromatic heterocycles. The van der Waals surface area contributed by atoms with Crippen molar-refractivity contribution in [1.82, 2.24) is 10.2 Å². The monoisotopic (exact) mass is 308 g/mol. The van der Waals surface area contributed by atoms with Crippen molar-refractivity contribution in [1.29, 1.82) is 0 Å². The fourth-order valence-corrected chi connectivity index (χ4v) is 2.35. The Morgan fingerprint density at radius 1 is 1.00 bits per heavy atom. The average Bonchev–Trinajstić information content (AvgIpc) is 2.99. The molecule has 0 bridgehead atoms. The Morgan fingerprint density at radius 2 is 1.73 bits per heavy atom. The molecule has 0 spiro atoms. The number of aryl methyl sites for hydroxylation is 1. The van der Waals surface area contributed by atoms with E-state index in [0.717, 1.165) is 22.5 Å². The number of anilines is 2. The number of hydrogen-bond donors (Lipinski definition) is 3. The largest absolute Gasteiger partial charge is 0.332 e. The lowest BCUT2D eigenvalue weighted by Gasteiger charge is -2.10. The van der Waals surface area contributed by atoms with E-state index in [4.69, 9.17) is 12.2 Å². The maximum atomic E-state index is 5.33. The summed E-state index contributed by atoms with van der Waals surface area (Å²) < 4.78 is 0. The summed E-state index contributed by atoms with van der Waals surface area (Å²) in [6, 6.07) is 20.0. The number of para-hydroxylation sites is 1. The van der Waals surface area contributed by atoms with Crippen LogP contribution in [-0.2, 0) is 0 Å². The Kier molecular flexibility index (Phi) is 4.16. The second-order valence-electron chi connectivity index (χ2n) is 4.93. The zero-order valence-electron chi connectivity index (χ0n) is 12.1. The van der Waals surface area contributed by atoms with Gasteiger partial charge in [0.15, 0.2) is 10.9 Å². The van der Waals surface area contributed by atoms with Crippen molar-refractivity contribution in [3.8, 4) is 11.3 Å². The maximum Gasteiger partial charge on any atom is 0.176 e. The molecule has 3 aromatic rings. The normalized spacial score (nSPS) is 10.2. The van der Waals surface area contributed by atoms with Gasteiger partial charge in [-0.3, -0.25) is 5.10 Å². The van der Waals surface area contributed by atoms with E-state index in [2.05, 4.69) is 20.8 Å². The molecule has 0 saturated heterocycles. The zero-order valence-corrected chi connectivity index (χ0v) is 12.9. The molecule has 1 heterocycles. The third-order valence-corrected chi connectivity index (χ3v) is 3.50. The summed E-state index contributed by atoms with van der Waals surface area (Å²) in [7, 11) is 0. The number of hydrogen-bond acceptors (Lipinski definition) is 2.